The summed E-state index contributed by atoms with van der Waals surface area (Å²) in [6.07, 6.45) is 0.723. The molecule has 2 aliphatic heterocycles. The number of piperidine rings is 1. The Kier molecular flexibility index (Phi) is 5.82. The number of nitrogens with zero attached hydrogens (tertiary/aromatic N) is 1. The van der Waals surface area contributed by atoms with E-state index in [0.29, 0.717) is 36.8 Å². The average molecular weight is 455 g/mol. The fraction of sp³-hybridized carbons (Fsp3) is 0.350. The normalized spacial score (nSPS) is 19.1. The minimum Gasteiger partial charge on any atom is -0.347 e. The standard InChI is InChI=1S/C20H20ClFN2O5S/c21-15-3-1-2-4-17(15)23-19(25)14-5-6-16(22)18(13-14)30(26,27)24-9-7-20(8-10-24)28-11-12-29-20/h1-6,13H,7-12H2,(H,23,25). The summed E-state index contributed by atoms with van der Waals surface area (Å²) in [5, 5.41) is 2.94. The van der Waals surface area contributed by atoms with Crippen molar-refractivity contribution in [2.24, 2.45) is 0 Å². The van der Waals surface area contributed by atoms with Gasteiger partial charge in [0.1, 0.15) is 10.7 Å². The van der Waals surface area contributed by atoms with Crippen LogP contribution in [-0.4, -0.2) is 50.7 Å². The van der Waals surface area contributed by atoms with Crippen LogP contribution in [0.5, 0.6) is 0 Å². The van der Waals surface area contributed by atoms with Gasteiger partial charge in [0.25, 0.3) is 5.91 Å². The first kappa shape index (κ1) is 21.2. The number of benzene rings is 2. The molecule has 1 spiro atoms. The van der Waals surface area contributed by atoms with Crippen molar-refractivity contribution < 1.29 is 27.1 Å². The molecule has 4 rings (SSSR count). The number of sulfonamides is 1. The fourth-order valence-electron chi connectivity index (χ4n) is 3.59. The van der Waals surface area contributed by atoms with Crippen molar-refractivity contribution in [3.63, 3.8) is 0 Å². The number of rotatable bonds is 4. The van der Waals surface area contributed by atoms with Crippen LogP contribution in [0.1, 0.15) is 23.2 Å². The maximum atomic E-state index is 14.5. The van der Waals surface area contributed by atoms with Crippen molar-refractivity contribution in [2.45, 2.75) is 23.5 Å². The lowest BCUT2D eigenvalue weighted by atomic mass is 10.1. The predicted octanol–water partition coefficient (Wildman–Crippen LogP) is 3.26. The molecule has 0 atom stereocenters. The van der Waals surface area contributed by atoms with Gasteiger partial charge in [-0.3, -0.25) is 4.79 Å². The monoisotopic (exact) mass is 454 g/mol. The Labute approximate surface area is 178 Å². The summed E-state index contributed by atoms with van der Waals surface area (Å²) in [6.45, 7) is 1.23. The number of hydrogen-bond acceptors (Lipinski definition) is 5. The smallest absolute Gasteiger partial charge is 0.255 e. The van der Waals surface area contributed by atoms with E-state index in [-0.39, 0.29) is 18.7 Å². The summed E-state index contributed by atoms with van der Waals surface area (Å²) in [4.78, 5) is 12.0. The number of carbonyl (C=O) groups is 1. The number of carbonyl (C=O) groups excluding carboxylic acids is 1. The number of hydrogen-bond donors (Lipinski definition) is 1. The summed E-state index contributed by atoms with van der Waals surface area (Å²) in [5.41, 5.74) is 0.377. The van der Waals surface area contributed by atoms with Crippen LogP contribution in [0.25, 0.3) is 0 Å². The second-order valence-corrected chi connectivity index (χ2v) is 9.40. The van der Waals surface area contributed by atoms with Gasteiger partial charge in [-0.25, -0.2) is 12.8 Å². The van der Waals surface area contributed by atoms with Crippen molar-refractivity contribution in [3.8, 4) is 0 Å². The van der Waals surface area contributed by atoms with E-state index < -0.39 is 32.4 Å². The number of halogens is 2. The molecule has 0 aliphatic carbocycles. The van der Waals surface area contributed by atoms with Crippen LogP contribution in [0.3, 0.4) is 0 Å². The molecule has 2 heterocycles. The van der Waals surface area contributed by atoms with Crippen LogP contribution < -0.4 is 5.32 Å². The van der Waals surface area contributed by atoms with E-state index in [0.717, 1.165) is 12.1 Å². The maximum absolute atomic E-state index is 14.5. The van der Waals surface area contributed by atoms with Gasteiger partial charge in [0, 0.05) is 31.5 Å². The quantitative estimate of drug-likeness (QED) is 0.766. The Morgan fingerprint density at radius 2 is 1.77 bits per heavy atom. The molecule has 7 nitrogen and oxygen atoms in total. The third kappa shape index (κ3) is 4.08. The molecule has 0 saturated carbocycles. The lowest BCUT2D eigenvalue weighted by Crippen LogP contribution is -2.47. The van der Waals surface area contributed by atoms with Crippen LogP contribution in [0.15, 0.2) is 47.4 Å². The number of amides is 1. The molecular weight excluding hydrogens is 435 g/mol. The van der Waals surface area contributed by atoms with Crippen LogP contribution in [-0.2, 0) is 19.5 Å². The minimum absolute atomic E-state index is 0.00540. The molecule has 160 valence electrons. The molecule has 1 N–H and O–H groups in total. The first-order valence-electron chi connectivity index (χ1n) is 9.44. The molecule has 30 heavy (non-hydrogen) atoms. The second-order valence-electron chi connectivity index (χ2n) is 7.09. The number of anilines is 1. The zero-order valence-corrected chi connectivity index (χ0v) is 17.5. The van der Waals surface area contributed by atoms with E-state index in [1.54, 1.807) is 24.3 Å². The SMILES string of the molecule is O=C(Nc1ccccc1Cl)c1ccc(F)c(S(=O)(=O)N2CCC3(CC2)OCCO3)c1. The van der Waals surface area contributed by atoms with E-state index in [9.17, 15) is 17.6 Å². The third-order valence-electron chi connectivity index (χ3n) is 5.23. The lowest BCUT2D eigenvalue weighted by molar-refractivity contribution is -0.179. The topological polar surface area (TPSA) is 84.9 Å². The van der Waals surface area contributed by atoms with Crippen molar-refractivity contribution in [3.05, 3.63) is 58.9 Å². The van der Waals surface area contributed by atoms with E-state index in [2.05, 4.69) is 5.32 Å². The second kappa shape index (κ2) is 8.24. The molecule has 2 aliphatic rings. The van der Waals surface area contributed by atoms with Gasteiger partial charge >= 0.3 is 0 Å². The van der Waals surface area contributed by atoms with Gasteiger partial charge in [0.2, 0.25) is 10.0 Å². The summed E-state index contributed by atoms with van der Waals surface area (Å²) < 4.78 is 53.0. The Morgan fingerprint density at radius 1 is 1.10 bits per heavy atom. The average Bonchev–Trinajstić information content (AvgIpc) is 3.18. The van der Waals surface area contributed by atoms with E-state index in [1.165, 1.54) is 10.4 Å². The molecule has 0 aromatic heterocycles. The van der Waals surface area contributed by atoms with Crippen LogP contribution in [0.2, 0.25) is 5.02 Å². The molecule has 2 saturated heterocycles. The Morgan fingerprint density at radius 3 is 2.43 bits per heavy atom. The summed E-state index contributed by atoms with van der Waals surface area (Å²) in [6, 6.07) is 9.88. The molecule has 10 heteroatoms. The highest BCUT2D eigenvalue weighted by molar-refractivity contribution is 7.89. The summed E-state index contributed by atoms with van der Waals surface area (Å²) in [7, 11) is -4.13. The van der Waals surface area contributed by atoms with Gasteiger partial charge < -0.3 is 14.8 Å². The highest BCUT2D eigenvalue weighted by Gasteiger charge is 2.43. The Bertz CT molecular complexity index is 1060. The predicted molar refractivity (Wildman–Crippen MR) is 108 cm³/mol. The van der Waals surface area contributed by atoms with Crippen LogP contribution in [0, 0.1) is 5.82 Å². The largest absolute Gasteiger partial charge is 0.347 e. The highest BCUT2D eigenvalue weighted by Crippen LogP contribution is 2.34. The number of nitrogens with one attached hydrogen (secondary N) is 1. The van der Waals surface area contributed by atoms with Crippen molar-refractivity contribution in [2.75, 3.05) is 31.6 Å². The molecule has 0 radical (unpaired) electrons. The van der Waals surface area contributed by atoms with E-state index >= 15 is 0 Å². The zero-order valence-electron chi connectivity index (χ0n) is 15.9. The van der Waals surface area contributed by atoms with Crippen molar-refractivity contribution >= 4 is 33.2 Å². The van der Waals surface area contributed by atoms with Gasteiger partial charge in [-0.15, -0.1) is 0 Å². The van der Waals surface area contributed by atoms with Gasteiger partial charge in [-0.2, -0.15) is 4.31 Å². The molecule has 2 aromatic rings. The van der Waals surface area contributed by atoms with Gasteiger partial charge in [0.15, 0.2) is 5.79 Å². The molecule has 0 bridgehead atoms. The minimum atomic E-state index is -4.13. The van der Waals surface area contributed by atoms with Gasteiger partial charge in [-0.05, 0) is 30.3 Å². The zero-order chi connectivity index (χ0) is 21.4. The van der Waals surface area contributed by atoms with Gasteiger partial charge in [-0.1, -0.05) is 23.7 Å². The number of ether oxygens (including phenoxy) is 2. The fourth-order valence-corrected chi connectivity index (χ4v) is 5.31. The number of para-hydroxylation sites is 1. The molecule has 2 fully saturated rings. The van der Waals surface area contributed by atoms with E-state index in [4.69, 9.17) is 21.1 Å². The van der Waals surface area contributed by atoms with Crippen LogP contribution >= 0.6 is 11.6 Å². The first-order valence-corrected chi connectivity index (χ1v) is 11.3. The van der Waals surface area contributed by atoms with E-state index in [1.807, 2.05) is 0 Å². The van der Waals surface area contributed by atoms with Crippen molar-refractivity contribution in [1.82, 2.24) is 4.31 Å². The molecule has 2 aromatic carbocycles. The third-order valence-corrected chi connectivity index (χ3v) is 7.47. The van der Waals surface area contributed by atoms with Crippen LogP contribution in [0.4, 0.5) is 10.1 Å². The Balaban J connectivity index is 1.55. The lowest BCUT2D eigenvalue weighted by Gasteiger charge is -2.36. The van der Waals surface area contributed by atoms with Crippen molar-refractivity contribution in [1.29, 1.82) is 0 Å². The maximum Gasteiger partial charge on any atom is 0.255 e. The summed E-state index contributed by atoms with van der Waals surface area (Å²) >= 11 is 6.04. The Hall–Kier alpha value is -2.04. The molecular formula is C20H20ClFN2O5S. The highest BCUT2D eigenvalue weighted by atomic mass is 35.5. The molecule has 0 unspecified atom stereocenters. The first-order chi connectivity index (χ1) is 14.3. The summed E-state index contributed by atoms with van der Waals surface area (Å²) in [5.74, 6) is -2.26. The van der Waals surface area contributed by atoms with Gasteiger partial charge in [0.05, 0.1) is 23.9 Å². The molecule has 1 amide bonds.